The summed E-state index contributed by atoms with van der Waals surface area (Å²) in [6.45, 7) is 0.0262. The zero-order valence-electron chi connectivity index (χ0n) is 16.9. The minimum atomic E-state index is -0.887. The lowest BCUT2D eigenvalue weighted by atomic mass is 9.94. The number of furan rings is 1. The lowest BCUT2D eigenvalue weighted by Crippen LogP contribution is -2.29. The average Bonchev–Trinajstić information content (AvgIpc) is 3.41. The van der Waals surface area contributed by atoms with E-state index in [4.69, 9.17) is 20.8 Å². The molecule has 0 bridgehead atoms. The maximum absolute atomic E-state index is 13.0. The molecule has 1 fully saturated rings. The van der Waals surface area contributed by atoms with Crippen LogP contribution in [0.25, 0.3) is 5.76 Å². The number of amides is 1. The molecule has 7 nitrogen and oxygen atoms in total. The molecule has 0 unspecified atom stereocenters. The molecule has 0 saturated carbocycles. The Labute approximate surface area is 188 Å². The summed E-state index contributed by atoms with van der Waals surface area (Å²) < 4.78 is 10.1. The molecular formula is C24H18ClNO6. The molecule has 4 rings (SSSR count). The molecule has 1 aromatic heterocycles. The number of likely N-dealkylation sites (tertiary alicyclic amines) is 1. The van der Waals surface area contributed by atoms with Gasteiger partial charge in [0.05, 0.1) is 37.1 Å². The van der Waals surface area contributed by atoms with Gasteiger partial charge in [0.1, 0.15) is 11.5 Å². The zero-order valence-corrected chi connectivity index (χ0v) is 17.7. The van der Waals surface area contributed by atoms with Crippen molar-refractivity contribution in [2.24, 2.45) is 0 Å². The van der Waals surface area contributed by atoms with Crippen LogP contribution in [0.1, 0.15) is 33.3 Å². The van der Waals surface area contributed by atoms with Gasteiger partial charge < -0.3 is 19.2 Å². The number of hydrogen-bond acceptors (Lipinski definition) is 6. The molecular weight excluding hydrogens is 434 g/mol. The van der Waals surface area contributed by atoms with Crippen LogP contribution in [0.3, 0.4) is 0 Å². The number of nitrogens with zero attached hydrogens (tertiary/aromatic N) is 1. The van der Waals surface area contributed by atoms with Crippen molar-refractivity contribution in [1.82, 2.24) is 4.90 Å². The molecule has 1 aliphatic heterocycles. The molecule has 2 heterocycles. The van der Waals surface area contributed by atoms with Gasteiger partial charge in [0.25, 0.3) is 11.7 Å². The first-order valence-electron chi connectivity index (χ1n) is 9.65. The summed E-state index contributed by atoms with van der Waals surface area (Å²) in [7, 11) is 1.28. The van der Waals surface area contributed by atoms with Gasteiger partial charge in [-0.05, 0) is 54.1 Å². The van der Waals surface area contributed by atoms with E-state index < -0.39 is 23.7 Å². The average molecular weight is 452 g/mol. The number of hydrogen-bond donors (Lipinski definition) is 1. The van der Waals surface area contributed by atoms with Gasteiger partial charge in [-0.3, -0.25) is 9.59 Å². The van der Waals surface area contributed by atoms with E-state index in [-0.39, 0.29) is 17.9 Å². The van der Waals surface area contributed by atoms with Gasteiger partial charge >= 0.3 is 5.97 Å². The summed E-state index contributed by atoms with van der Waals surface area (Å²) in [5.74, 6) is -1.93. The predicted octanol–water partition coefficient (Wildman–Crippen LogP) is 4.34. The van der Waals surface area contributed by atoms with Gasteiger partial charge in [-0.25, -0.2) is 4.79 Å². The van der Waals surface area contributed by atoms with Crippen molar-refractivity contribution < 1.29 is 28.6 Å². The molecule has 2 aromatic carbocycles. The number of benzene rings is 2. The fourth-order valence-electron chi connectivity index (χ4n) is 3.64. The molecule has 162 valence electrons. The van der Waals surface area contributed by atoms with E-state index in [0.717, 1.165) is 0 Å². The Balaban J connectivity index is 1.84. The highest BCUT2D eigenvalue weighted by atomic mass is 35.5. The molecule has 32 heavy (non-hydrogen) atoms. The van der Waals surface area contributed by atoms with Crippen LogP contribution in [0.2, 0.25) is 5.02 Å². The van der Waals surface area contributed by atoms with Crippen LogP contribution in [0, 0.1) is 0 Å². The van der Waals surface area contributed by atoms with E-state index in [1.54, 1.807) is 48.5 Å². The van der Waals surface area contributed by atoms with Crippen LogP contribution in [0.5, 0.6) is 0 Å². The Hall–Kier alpha value is -3.84. The number of ether oxygens (including phenoxy) is 1. The summed E-state index contributed by atoms with van der Waals surface area (Å²) >= 11 is 5.93. The second-order valence-electron chi connectivity index (χ2n) is 7.13. The zero-order chi connectivity index (χ0) is 22.8. The number of aliphatic hydroxyl groups excluding tert-OH is 1. The molecule has 1 amide bonds. The molecule has 3 aromatic rings. The van der Waals surface area contributed by atoms with Gasteiger partial charge in [0.2, 0.25) is 0 Å². The summed E-state index contributed by atoms with van der Waals surface area (Å²) in [4.78, 5) is 39.0. The molecule has 1 saturated heterocycles. The van der Waals surface area contributed by atoms with Gasteiger partial charge in [0.15, 0.2) is 0 Å². The van der Waals surface area contributed by atoms with Crippen LogP contribution in [0.4, 0.5) is 0 Å². The minimum Gasteiger partial charge on any atom is -0.507 e. The fourth-order valence-corrected chi connectivity index (χ4v) is 3.77. The number of ketones is 1. The maximum atomic E-state index is 13.0. The number of rotatable bonds is 5. The van der Waals surface area contributed by atoms with E-state index in [2.05, 4.69) is 0 Å². The van der Waals surface area contributed by atoms with Crippen molar-refractivity contribution in [3.63, 3.8) is 0 Å². The first-order valence-corrected chi connectivity index (χ1v) is 10.0. The number of methoxy groups -OCH3 is 1. The summed E-state index contributed by atoms with van der Waals surface area (Å²) in [6.07, 6.45) is 1.47. The minimum absolute atomic E-state index is 0.0262. The van der Waals surface area contributed by atoms with Crippen LogP contribution in [-0.4, -0.2) is 34.8 Å². The van der Waals surface area contributed by atoms with Crippen molar-refractivity contribution in [2.75, 3.05) is 7.11 Å². The second-order valence-corrected chi connectivity index (χ2v) is 7.56. The SMILES string of the molecule is COC(=O)c1ccc([C@@H]2/C(=C(\O)c3ccc(Cl)cc3)C(=O)C(=O)N2Cc2ccco2)cc1. The highest BCUT2D eigenvalue weighted by Crippen LogP contribution is 2.40. The third kappa shape index (κ3) is 3.90. The topological polar surface area (TPSA) is 97.0 Å². The van der Waals surface area contributed by atoms with Crippen molar-refractivity contribution in [3.8, 4) is 0 Å². The molecule has 1 N–H and O–H groups in total. The van der Waals surface area contributed by atoms with Crippen LogP contribution < -0.4 is 0 Å². The summed E-state index contributed by atoms with van der Waals surface area (Å²) in [5.41, 5.74) is 1.15. The van der Waals surface area contributed by atoms with Gasteiger partial charge in [-0.15, -0.1) is 0 Å². The van der Waals surface area contributed by atoms with Crippen LogP contribution in [0.15, 0.2) is 76.9 Å². The highest BCUT2D eigenvalue weighted by molar-refractivity contribution is 6.46. The van der Waals surface area contributed by atoms with Crippen molar-refractivity contribution in [2.45, 2.75) is 12.6 Å². The molecule has 1 atom stereocenters. The number of carbonyl (C=O) groups excluding carboxylic acids is 3. The molecule has 8 heteroatoms. The standard InChI is InChI=1S/C24H18ClNO6/c1-31-24(30)16-6-4-14(5-7-16)20-19(21(27)15-8-10-17(25)11-9-15)22(28)23(29)26(20)13-18-3-2-12-32-18/h2-12,20,27H,13H2,1H3/b21-19+/t20-/m1/s1. The Morgan fingerprint density at radius 3 is 2.31 bits per heavy atom. The van der Waals surface area contributed by atoms with Gasteiger partial charge in [-0.1, -0.05) is 23.7 Å². The third-order valence-corrected chi connectivity index (χ3v) is 5.46. The summed E-state index contributed by atoms with van der Waals surface area (Å²) in [6, 6.07) is 15.1. The number of aliphatic hydroxyl groups is 1. The largest absolute Gasteiger partial charge is 0.507 e. The molecule has 1 aliphatic rings. The summed E-state index contributed by atoms with van der Waals surface area (Å²) in [5, 5.41) is 11.5. The molecule has 0 radical (unpaired) electrons. The van der Waals surface area contributed by atoms with E-state index in [9.17, 15) is 19.5 Å². The normalized spacial score (nSPS) is 17.6. The first-order chi connectivity index (χ1) is 15.4. The molecule has 0 aliphatic carbocycles. The Morgan fingerprint density at radius 2 is 1.72 bits per heavy atom. The third-order valence-electron chi connectivity index (χ3n) is 5.21. The van der Waals surface area contributed by atoms with Crippen LogP contribution in [-0.2, 0) is 20.9 Å². The number of esters is 1. The lowest BCUT2D eigenvalue weighted by molar-refractivity contribution is -0.140. The van der Waals surface area contributed by atoms with Crippen LogP contribution >= 0.6 is 11.6 Å². The number of carbonyl (C=O) groups is 3. The van der Waals surface area contributed by atoms with Crippen molar-refractivity contribution >= 4 is 35.0 Å². The first kappa shape index (κ1) is 21.4. The van der Waals surface area contributed by atoms with Crippen molar-refractivity contribution in [3.05, 3.63) is 100.0 Å². The Kier molecular flexibility index (Phi) is 5.83. The van der Waals surface area contributed by atoms with E-state index >= 15 is 0 Å². The van der Waals surface area contributed by atoms with Gasteiger partial charge in [0, 0.05) is 10.6 Å². The van der Waals surface area contributed by atoms with Crippen molar-refractivity contribution in [1.29, 1.82) is 0 Å². The van der Waals surface area contributed by atoms with E-state index in [0.29, 0.717) is 27.5 Å². The number of Topliss-reactive ketones (excluding diaryl/α,β-unsaturated/α-hetero) is 1. The predicted molar refractivity (Wildman–Crippen MR) is 116 cm³/mol. The van der Waals surface area contributed by atoms with Gasteiger partial charge in [-0.2, -0.15) is 0 Å². The highest BCUT2D eigenvalue weighted by Gasteiger charge is 2.46. The van der Waals surface area contributed by atoms with E-state index in [1.165, 1.54) is 30.4 Å². The second kappa shape index (κ2) is 8.72. The monoisotopic (exact) mass is 451 g/mol. The Morgan fingerprint density at radius 1 is 1.06 bits per heavy atom. The van der Waals surface area contributed by atoms with E-state index in [1.807, 2.05) is 0 Å². The smallest absolute Gasteiger partial charge is 0.337 e. The maximum Gasteiger partial charge on any atom is 0.337 e. The molecule has 0 spiro atoms. The lowest BCUT2D eigenvalue weighted by Gasteiger charge is -2.24. The fraction of sp³-hybridized carbons (Fsp3) is 0.125. The Bertz CT molecular complexity index is 1200. The number of halogens is 1. The quantitative estimate of drug-likeness (QED) is 0.268.